The van der Waals surface area contributed by atoms with E-state index in [2.05, 4.69) is 15.7 Å². The number of hydrogen-bond donors (Lipinski definition) is 2. The van der Waals surface area contributed by atoms with Gasteiger partial charge >= 0.3 is 6.09 Å². The molecule has 2 heterocycles. The van der Waals surface area contributed by atoms with Crippen LogP contribution in [0.4, 0.5) is 9.18 Å². The number of amides is 2. The fraction of sp³-hybridized carbons (Fsp3) is 0.389. The number of rotatable bonds is 3. The summed E-state index contributed by atoms with van der Waals surface area (Å²) in [5, 5.41) is 7.37. The van der Waals surface area contributed by atoms with E-state index in [4.69, 9.17) is 10.3 Å². The predicted octanol–water partition coefficient (Wildman–Crippen LogP) is 3.12. The lowest BCUT2D eigenvalue weighted by Gasteiger charge is -2.30. The maximum absolute atomic E-state index is 13.7. The highest BCUT2D eigenvalue weighted by Crippen LogP contribution is 2.29. The monoisotopic (exact) mass is 388 g/mol. The number of aromatic nitrogens is 2. The third-order valence-corrected chi connectivity index (χ3v) is 4.11. The van der Waals surface area contributed by atoms with Gasteiger partial charge < -0.3 is 9.64 Å². The van der Waals surface area contributed by atoms with E-state index >= 15 is 0 Å². The van der Waals surface area contributed by atoms with E-state index in [1.807, 2.05) is 0 Å². The molecule has 1 aliphatic rings. The first kappa shape index (κ1) is 19.5. The zero-order chi connectivity index (χ0) is 20.5. The maximum Gasteiger partial charge on any atom is 0.410 e. The largest absolute Gasteiger partial charge is 0.444 e. The summed E-state index contributed by atoms with van der Waals surface area (Å²) < 4.78 is 20.7. The quantitative estimate of drug-likeness (QED) is 0.621. The number of hydrogen-bond acceptors (Lipinski definition) is 6. The zero-order valence-corrected chi connectivity index (χ0v) is 15.8. The van der Waals surface area contributed by atoms with Gasteiger partial charge in [0.1, 0.15) is 17.1 Å². The Labute approximate surface area is 160 Å². The van der Waals surface area contributed by atoms with Crippen LogP contribution in [0.25, 0.3) is 11.3 Å². The first-order valence-corrected chi connectivity index (χ1v) is 8.70. The van der Waals surface area contributed by atoms with E-state index in [1.54, 1.807) is 31.5 Å². The molecule has 0 radical (unpaired) electrons. The smallest absolute Gasteiger partial charge is 0.410 e. The lowest BCUT2D eigenvalue weighted by molar-refractivity contribution is 0.0193. The Balaban J connectivity index is 2.02. The summed E-state index contributed by atoms with van der Waals surface area (Å²) in [7, 11) is 0. The van der Waals surface area contributed by atoms with Gasteiger partial charge in [0.2, 0.25) is 0 Å². The molecule has 148 valence electrons. The zero-order valence-electron chi connectivity index (χ0n) is 15.8. The molecule has 0 bridgehead atoms. The van der Waals surface area contributed by atoms with Gasteiger partial charge in [0.05, 0.1) is 24.3 Å². The number of nitrogens with one attached hydrogen (secondary N) is 2. The molecule has 0 fully saturated rings. The summed E-state index contributed by atoms with van der Waals surface area (Å²) in [5.74, 6) is -1.11. The summed E-state index contributed by atoms with van der Waals surface area (Å²) in [4.78, 5) is 26.5. The molecular weight excluding hydrogens is 367 g/mol. The van der Waals surface area contributed by atoms with Crippen molar-refractivity contribution in [2.45, 2.75) is 39.5 Å². The summed E-state index contributed by atoms with van der Waals surface area (Å²) >= 11 is 0. The fourth-order valence-corrected chi connectivity index (χ4v) is 2.98. The molecule has 3 rings (SSSR count). The molecule has 0 saturated heterocycles. The molecule has 2 amide bonds. The van der Waals surface area contributed by atoms with Gasteiger partial charge in [0, 0.05) is 12.1 Å². The van der Waals surface area contributed by atoms with Gasteiger partial charge in [-0.1, -0.05) is 17.4 Å². The van der Waals surface area contributed by atoms with E-state index in [9.17, 15) is 14.0 Å². The lowest BCUT2D eigenvalue weighted by Crippen LogP contribution is -2.42. The van der Waals surface area contributed by atoms with Gasteiger partial charge in [-0.2, -0.15) is 10.6 Å². The lowest BCUT2D eigenvalue weighted by atomic mass is 10.0. The minimum absolute atomic E-state index is 0.0952. The van der Waals surface area contributed by atoms with Crippen LogP contribution in [0, 0.1) is 11.3 Å². The van der Waals surface area contributed by atoms with Gasteiger partial charge in [-0.15, -0.1) is 0 Å². The van der Waals surface area contributed by atoms with Crippen molar-refractivity contribution in [1.29, 1.82) is 5.53 Å². The van der Waals surface area contributed by atoms with Gasteiger partial charge in [0.25, 0.3) is 5.91 Å². The van der Waals surface area contributed by atoms with E-state index in [1.165, 1.54) is 23.1 Å². The second kappa shape index (κ2) is 7.37. The van der Waals surface area contributed by atoms with Crippen molar-refractivity contribution < 1.29 is 18.7 Å². The van der Waals surface area contributed by atoms with Crippen molar-refractivity contribution >= 4 is 12.0 Å². The number of fused-ring (bicyclic) bond motifs is 1. The van der Waals surface area contributed by atoms with Gasteiger partial charge in [-0.05, 0) is 32.9 Å². The normalized spacial score (nSPS) is 13.6. The van der Waals surface area contributed by atoms with Crippen molar-refractivity contribution in [2.75, 3.05) is 6.54 Å². The van der Waals surface area contributed by atoms with E-state index in [0.717, 1.165) is 0 Å². The summed E-state index contributed by atoms with van der Waals surface area (Å²) in [6.45, 7) is 6.12. The number of halogens is 1. The van der Waals surface area contributed by atoms with E-state index < -0.39 is 23.4 Å². The third-order valence-electron chi connectivity index (χ3n) is 4.11. The average Bonchev–Trinajstić information content (AvgIpc) is 2.99. The molecule has 1 aromatic heterocycles. The van der Waals surface area contributed by atoms with E-state index in [-0.39, 0.29) is 17.8 Å². The Morgan fingerprint density at radius 2 is 2.07 bits per heavy atom. The number of benzene rings is 1. The highest BCUT2D eigenvalue weighted by atomic mass is 19.1. The third kappa shape index (κ3) is 4.00. The Morgan fingerprint density at radius 3 is 2.71 bits per heavy atom. The van der Waals surface area contributed by atoms with Crippen molar-refractivity contribution in [3.63, 3.8) is 0 Å². The van der Waals surface area contributed by atoms with Gasteiger partial charge in [0.15, 0.2) is 0 Å². The maximum atomic E-state index is 13.7. The van der Waals surface area contributed by atoms with Crippen molar-refractivity contribution in [1.82, 2.24) is 20.1 Å². The molecule has 1 aromatic carbocycles. The first-order chi connectivity index (χ1) is 13.2. The van der Waals surface area contributed by atoms with Crippen LogP contribution < -0.4 is 5.43 Å². The fourth-order valence-electron chi connectivity index (χ4n) is 2.98. The first-order valence-electron chi connectivity index (χ1n) is 8.70. The number of ether oxygens (including phenoxy) is 1. The molecule has 10 heteroatoms. The Kier molecular flexibility index (Phi) is 5.12. The van der Waals surface area contributed by atoms with Crippen LogP contribution in [0.3, 0.4) is 0 Å². The molecule has 1 aliphatic heterocycles. The van der Waals surface area contributed by atoms with Gasteiger partial charge in [-0.25, -0.2) is 14.6 Å². The molecule has 2 N–H and O–H groups in total. The molecule has 0 spiro atoms. The number of nitrogens with zero attached hydrogens (tertiary/aromatic N) is 4. The SMILES string of the molecule is CC(C)(C)OC(=O)N1CCn2nc(-c3cccc(F)c3)c(C(=O)NN=N)c2C1. The van der Waals surface area contributed by atoms with Gasteiger partial charge in [-0.3, -0.25) is 9.48 Å². The Bertz CT molecular complexity index is 934. The summed E-state index contributed by atoms with van der Waals surface area (Å²) in [6, 6.07) is 5.72. The average molecular weight is 388 g/mol. The highest BCUT2D eigenvalue weighted by molar-refractivity contribution is 6.01. The van der Waals surface area contributed by atoms with Crippen LogP contribution in [0.5, 0.6) is 0 Å². The van der Waals surface area contributed by atoms with Crippen LogP contribution in [-0.2, 0) is 17.8 Å². The standard InChI is InChI=1S/C18H21FN6O3/c1-18(2,3)28-17(27)24-7-8-25-13(10-24)14(16(26)21-23-20)15(22-25)11-5-4-6-12(19)9-11/h4-6,9H,7-8,10H2,1-3H3,(H2,20,21,26). The minimum atomic E-state index is -0.651. The van der Waals surface area contributed by atoms with Crippen LogP contribution in [0.2, 0.25) is 0 Å². The predicted molar refractivity (Wildman–Crippen MR) is 96.9 cm³/mol. The molecule has 28 heavy (non-hydrogen) atoms. The highest BCUT2D eigenvalue weighted by Gasteiger charge is 2.32. The molecule has 2 aromatic rings. The van der Waals surface area contributed by atoms with Crippen LogP contribution in [0.15, 0.2) is 29.5 Å². The van der Waals surface area contributed by atoms with E-state index in [0.29, 0.717) is 24.3 Å². The molecule has 0 aliphatic carbocycles. The van der Waals surface area contributed by atoms with Crippen molar-refractivity contribution in [3.8, 4) is 11.3 Å². The Hall–Kier alpha value is -3.30. The van der Waals surface area contributed by atoms with Crippen molar-refractivity contribution in [3.05, 3.63) is 41.3 Å². The summed E-state index contributed by atoms with van der Waals surface area (Å²) in [5.41, 5.74) is 9.64. The minimum Gasteiger partial charge on any atom is -0.444 e. The van der Waals surface area contributed by atoms with Crippen LogP contribution >= 0.6 is 0 Å². The molecule has 0 saturated carbocycles. The molecular formula is C18H21FN6O3. The number of carbonyl (C=O) groups is 2. The summed E-state index contributed by atoms with van der Waals surface area (Å²) in [6.07, 6.45) is -0.496. The Morgan fingerprint density at radius 1 is 1.32 bits per heavy atom. The molecule has 9 nitrogen and oxygen atoms in total. The topological polar surface area (TPSA) is 113 Å². The molecule has 0 atom stereocenters. The second-order valence-electron chi connectivity index (χ2n) is 7.36. The molecule has 0 unspecified atom stereocenters. The van der Waals surface area contributed by atoms with Crippen LogP contribution in [-0.4, -0.2) is 38.8 Å². The van der Waals surface area contributed by atoms with Crippen LogP contribution in [0.1, 0.15) is 36.8 Å². The number of carbonyl (C=O) groups excluding carboxylic acids is 2. The van der Waals surface area contributed by atoms with Crippen molar-refractivity contribution in [2.24, 2.45) is 5.22 Å². The second-order valence-corrected chi connectivity index (χ2v) is 7.36.